The Hall–Kier alpha value is -6.60. The highest BCUT2D eigenvalue weighted by Gasteiger charge is 2.33. The van der Waals surface area contributed by atoms with E-state index >= 15 is 0 Å². The van der Waals surface area contributed by atoms with Gasteiger partial charge in [0.05, 0.1) is 6.42 Å². The van der Waals surface area contributed by atoms with E-state index in [1.165, 1.54) is 38.1 Å². The predicted octanol–water partition coefficient (Wildman–Crippen LogP) is 0.427. The van der Waals surface area contributed by atoms with Gasteiger partial charge in [-0.25, -0.2) is 14.2 Å². The number of alkyl carbamates (subject to hydrolysis) is 1. The van der Waals surface area contributed by atoms with Crippen molar-refractivity contribution in [2.75, 3.05) is 6.54 Å². The monoisotopic (exact) mass is 774 g/mol. The molecule has 0 saturated carbocycles. The number of benzene rings is 2. The molecule has 19 nitrogen and oxygen atoms in total. The first-order valence-electron chi connectivity index (χ1n) is 16.8. The quantitative estimate of drug-likeness (QED) is 0.0800. The van der Waals surface area contributed by atoms with Crippen molar-refractivity contribution in [1.82, 2.24) is 31.7 Å². The number of nitrogens with one attached hydrogen (secondary N) is 5. The first kappa shape index (κ1) is 44.6. The van der Waals surface area contributed by atoms with Crippen LogP contribution in [-0.2, 0) is 56.2 Å². The molecular formula is C35H43FN6O13. The van der Waals surface area contributed by atoms with Gasteiger partial charge in [-0.05, 0) is 35.6 Å². The number of carbonyl (C=O) groups excluding carboxylic acids is 6. The normalized spacial score (nSPS) is 12.2. The zero-order chi connectivity index (χ0) is 41.1. The van der Waals surface area contributed by atoms with Crippen molar-refractivity contribution in [3.8, 4) is 0 Å². The summed E-state index contributed by atoms with van der Waals surface area (Å²) in [4.78, 5) is 112. The summed E-state index contributed by atoms with van der Waals surface area (Å²) in [7, 11) is 0. The maximum absolute atomic E-state index is 13.4. The van der Waals surface area contributed by atoms with Crippen LogP contribution in [0.15, 0.2) is 54.6 Å². The van der Waals surface area contributed by atoms with Crippen LogP contribution >= 0.6 is 0 Å². The number of aliphatic carboxylic acids is 3. The van der Waals surface area contributed by atoms with Crippen LogP contribution in [-0.4, -0.2) is 98.5 Å². The van der Waals surface area contributed by atoms with E-state index < -0.39 is 122 Å². The number of nitrogens with zero attached hydrogens (tertiary/aromatic N) is 1. The van der Waals surface area contributed by atoms with E-state index in [1.54, 1.807) is 30.3 Å². The van der Waals surface area contributed by atoms with E-state index in [0.29, 0.717) is 16.1 Å². The van der Waals surface area contributed by atoms with Gasteiger partial charge in [0, 0.05) is 25.8 Å². The van der Waals surface area contributed by atoms with E-state index in [0.717, 1.165) is 0 Å². The summed E-state index contributed by atoms with van der Waals surface area (Å²) >= 11 is 0. The molecule has 0 heterocycles. The molecule has 2 aromatic carbocycles. The van der Waals surface area contributed by atoms with Crippen molar-refractivity contribution in [3.05, 3.63) is 71.5 Å². The zero-order valence-corrected chi connectivity index (χ0v) is 29.9. The van der Waals surface area contributed by atoms with Gasteiger partial charge in [-0.15, -0.1) is 0 Å². The Kier molecular flexibility index (Phi) is 18.2. The highest BCUT2D eigenvalue weighted by Crippen LogP contribution is 2.09. The Morgan fingerprint density at radius 2 is 1.35 bits per heavy atom. The molecule has 0 saturated heterocycles. The molecule has 0 bridgehead atoms. The molecule has 0 fully saturated rings. The molecule has 0 aliphatic carbocycles. The number of ether oxygens (including phenoxy) is 1. The maximum Gasteiger partial charge on any atom is 0.408 e. The molecule has 0 radical (unpaired) electrons. The fraction of sp³-hybridized carbons (Fsp3) is 0.400. The Labute approximate surface area is 313 Å². The molecule has 2 rings (SSSR count). The topological polar surface area (TPSA) is 287 Å². The average molecular weight is 775 g/mol. The minimum Gasteiger partial charge on any atom is -0.481 e. The first-order valence-corrected chi connectivity index (χ1v) is 16.8. The van der Waals surface area contributed by atoms with E-state index in [2.05, 4.69) is 26.7 Å². The number of rotatable bonds is 21. The SMILES string of the molecule is CC(C)[C@H](NC(=O)[C@H](CCC(=O)O)NC(=O)[C@H](CC(=O)O)NC(=O)OCc1ccccc1)C(=O)NN(CC(=O)O)C(=O)CCC(=O)NCc1ccc(F)cc1. The molecular weight excluding hydrogens is 731 g/mol. The maximum atomic E-state index is 13.4. The summed E-state index contributed by atoms with van der Waals surface area (Å²) < 4.78 is 18.2. The van der Waals surface area contributed by atoms with Crippen LogP contribution in [0.2, 0.25) is 0 Å². The molecule has 55 heavy (non-hydrogen) atoms. The Morgan fingerprint density at radius 3 is 1.93 bits per heavy atom. The van der Waals surface area contributed by atoms with Crippen molar-refractivity contribution in [1.29, 1.82) is 0 Å². The van der Waals surface area contributed by atoms with Crippen LogP contribution in [0, 0.1) is 11.7 Å². The minimum atomic E-state index is -1.79. The summed E-state index contributed by atoms with van der Waals surface area (Å²) in [6.07, 6.45) is -4.31. The standard InChI is InChI=1S/C35H43FN6O13/c1-20(2)31(34(53)41-42(18-30(49)50)27(44)14-13-26(43)37-17-21-8-10-23(36)11-9-21)40-32(51)24(12-15-28(45)46)38-33(52)25(16-29(47)48)39-35(54)55-19-22-6-4-3-5-7-22/h3-11,20,24-25,31H,12-19H2,1-2H3,(H,37,43)(H,38,52)(H,39,54)(H,40,51)(H,41,53)(H,45,46)(H,47,48)(H,49,50)/t24-,25-,31-/m0/s1. The molecule has 0 unspecified atom stereocenters. The number of amides is 6. The molecule has 8 N–H and O–H groups in total. The largest absolute Gasteiger partial charge is 0.481 e. The van der Waals surface area contributed by atoms with E-state index in [9.17, 15) is 62.9 Å². The van der Waals surface area contributed by atoms with Crippen LogP contribution < -0.4 is 26.7 Å². The second-order valence-corrected chi connectivity index (χ2v) is 12.3. The third-order valence-corrected chi connectivity index (χ3v) is 7.54. The summed E-state index contributed by atoms with van der Waals surface area (Å²) in [5.41, 5.74) is 3.27. The van der Waals surface area contributed by atoms with Gasteiger partial charge in [0.25, 0.3) is 5.91 Å². The van der Waals surface area contributed by atoms with Crippen LogP contribution in [0.1, 0.15) is 57.1 Å². The van der Waals surface area contributed by atoms with Crippen LogP contribution in [0.5, 0.6) is 0 Å². The molecule has 298 valence electrons. The molecule has 2 aromatic rings. The second kappa shape index (κ2) is 22.5. The zero-order valence-electron chi connectivity index (χ0n) is 29.9. The van der Waals surface area contributed by atoms with Crippen molar-refractivity contribution in [3.63, 3.8) is 0 Å². The number of carbonyl (C=O) groups is 9. The fourth-order valence-electron chi connectivity index (χ4n) is 4.66. The lowest BCUT2D eigenvalue weighted by molar-refractivity contribution is -0.151. The Balaban J connectivity index is 2.12. The van der Waals surface area contributed by atoms with Crippen molar-refractivity contribution in [2.45, 2.75) is 77.2 Å². The number of hydrogen-bond acceptors (Lipinski definition) is 10. The highest BCUT2D eigenvalue weighted by atomic mass is 19.1. The predicted molar refractivity (Wildman–Crippen MR) is 186 cm³/mol. The Bertz CT molecular complexity index is 1690. The van der Waals surface area contributed by atoms with Gasteiger partial charge in [-0.2, -0.15) is 0 Å². The third-order valence-electron chi connectivity index (χ3n) is 7.54. The lowest BCUT2D eigenvalue weighted by atomic mass is 10.0. The summed E-state index contributed by atoms with van der Waals surface area (Å²) in [5.74, 6) is -10.6. The smallest absolute Gasteiger partial charge is 0.408 e. The molecule has 6 amide bonds. The summed E-state index contributed by atoms with van der Waals surface area (Å²) in [6, 6.07) is 8.67. The summed E-state index contributed by atoms with van der Waals surface area (Å²) in [5, 5.41) is 37.5. The van der Waals surface area contributed by atoms with Gasteiger partial charge >= 0.3 is 24.0 Å². The molecule has 0 aliphatic rings. The highest BCUT2D eigenvalue weighted by molar-refractivity contribution is 5.96. The van der Waals surface area contributed by atoms with E-state index in [-0.39, 0.29) is 13.2 Å². The molecule has 0 aromatic heterocycles. The van der Waals surface area contributed by atoms with Gasteiger partial charge in [0.1, 0.15) is 37.1 Å². The van der Waals surface area contributed by atoms with Crippen molar-refractivity contribution in [2.24, 2.45) is 5.92 Å². The first-order chi connectivity index (χ1) is 25.9. The number of carboxylic acids is 3. The number of hydrogen-bond donors (Lipinski definition) is 8. The van der Waals surface area contributed by atoms with Crippen LogP contribution in [0.25, 0.3) is 0 Å². The molecule has 0 aliphatic heterocycles. The number of halogens is 1. The third kappa shape index (κ3) is 17.2. The fourth-order valence-corrected chi connectivity index (χ4v) is 4.66. The molecule has 20 heteroatoms. The van der Waals surface area contributed by atoms with Crippen LogP contribution in [0.3, 0.4) is 0 Å². The minimum absolute atomic E-state index is 0.0184. The van der Waals surface area contributed by atoms with E-state index in [4.69, 9.17) is 4.74 Å². The van der Waals surface area contributed by atoms with E-state index in [1.807, 2.05) is 0 Å². The molecule has 0 spiro atoms. The van der Waals surface area contributed by atoms with Crippen LogP contribution in [0.4, 0.5) is 9.18 Å². The van der Waals surface area contributed by atoms with Gasteiger partial charge in [-0.1, -0.05) is 56.3 Å². The Morgan fingerprint density at radius 1 is 0.709 bits per heavy atom. The summed E-state index contributed by atoms with van der Waals surface area (Å²) in [6.45, 7) is 1.70. The van der Waals surface area contributed by atoms with Crippen molar-refractivity contribution < 1.29 is 67.6 Å². The molecule has 3 atom stereocenters. The lowest BCUT2D eigenvalue weighted by Crippen LogP contribution is -2.60. The number of hydrazine groups is 1. The van der Waals surface area contributed by atoms with Gasteiger partial charge in [0.15, 0.2) is 0 Å². The van der Waals surface area contributed by atoms with Gasteiger partial charge in [-0.3, -0.25) is 43.8 Å². The van der Waals surface area contributed by atoms with Gasteiger partial charge in [0.2, 0.25) is 23.6 Å². The van der Waals surface area contributed by atoms with Gasteiger partial charge < -0.3 is 41.3 Å². The lowest BCUT2D eigenvalue weighted by Gasteiger charge is -2.29. The average Bonchev–Trinajstić information content (AvgIpc) is 3.12. The number of carboxylic acid groups (broad SMARTS) is 3. The second-order valence-electron chi connectivity index (χ2n) is 12.3. The van der Waals surface area contributed by atoms with Crippen molar-refractivity contribution >= 4 is 53.5 Å².